The zero-order valence-corrected chi connectivity index (χ0v) is 21.1. The second-order valence-electron chi connectivity index (χ2n) is 10.3. The van der Waals surface area contributed by atoms with Crippen LogP contribution in [0.5, 0.6) is 0 Å². The minimum Gasteiger partial charge on any atom is -0.390 e. The Hall–Kier alpha value is -3.89. The number of pyridine rings is 3. The zero-order chi connectivity index (χ0) is 25.6. The van der Waals surface area contributed by atoms with Crippen LogP contribution in [0.3, 0.4) is 0 Å². The van der Waals surface area contributed by atoms with Crippen molar-refractivity contribution >= 4 is 28.3 Å². The average Bonchev–Trinajstić information content (AvgIpc) is 3.28. The molecule has 6 heterocycles. The van der Waals surface area contributed by atoms with Crippen molar-refractivity contribution in [1.29, 1.82) is 0 Å². The highest BCUT2D eigenvalue weighted by atomic mass is 16.3. The molecule has 0 unspecified atom stereocenters. The number of aliphatic hydroxyl groups excluding tert-OH is 1. The Morgan fingerprint density at radius 1 is 1.03 bits per heavy atom. The van der Waals surface area contributed by atoms with E-state index in [-0.39, 0.29) is 12.5 Å². The lowest BCUT2D eigenvalue weighted by molar-refractivity contribution is 0.0900. The van der Waals surface area contributed by atoms with Crippen LogP contribution >= 0.6 is 0 Å². The predicted octanol–water partition coefficient (Wildman–Crippen LogP) is 2.70. The predicted molar refractivity (Wildman–Crippen MR) is 141 cm³/mol. The van der Waals surface area contributed by atoms with Crippen LogP contribution in [-0.4, -0.2) is 73.9 Å². The Morgan fingerprint density at radius 3 is 2.59 bits per heavy atom. The topological polar surface area (TPSA) is 112 Å². The Labute approximate surface area is 215 Å². The first kappa shape index (κ1) is 23.5. The first-order chi connectivity index (χ1) is 17.9. The number of amides is 1. The van der Waals surface area contributed by atoms with Gasteiger partial charge < -0.3 is 20.2 Å². The Bertz CT molecular complexity index is 1470. The van der Waals surface area contributed by atoms with Crippen LogP contribution in [0.1, 0.15) is 28.9 Å². The Balaban J connectivity index is 1.18. The molecule has 2 aliphatic rings. The number of piperidine rings is 1. The fraction of sp³-hybridized carbons (Fsp3) is 0.370. The van der Waals surface area contributed by atoms with E-state index in [0.717, 1.165) is 48.3 Å². The minimum atomic E-state index is -0.228. The van der Waals surface area contributed by atoms with Crippen molar-refractivity contribution in [2.45, 2.75) is 19.4 Å². The van der Waals surface area contributed by atoms with Crippen LogP contribution in [0.15, 0.2) is 49.1 Å². The molecule has 2 N–H and O–H groups in total. The molecule has 37 heavy (non-hydrogen) atoms. The van der Waals surface area contributed by atoms with Crippen LogP contribution in [0.2, 0.25) is 0 Å². The summed E-state index contributed by atoms with van der Waals surface area (Å²) in [5, 5.41) is 18.6. The summed E-state index contributed by atoms with van der Waals surface area (Å²) in [6.07, 6.45) is 9.24. The first-order valence-corrected chi connectivity index (χ1v) is 12.5. The van der Waals surface area contributed by atoms with Gasteiger partial charge in [0.15, 0.2) is 0 Å². The molecule has 6 rings (SSSR count). The number of carbonyl (C=O) groups is 1. The highest BCUT2D eigenvalue weighted by Crippen LogP contribution is 2.41. The molecular weight excluding hydrogens is 468 g/mol. The maximum Gasteiger partial charge on any atom is 0.257 e. The molecule has 1 amide bonds. The molecule has 2 saturated heterocycles. The van der Waals surface area contributed by atoms with Crippen molar-refractivity contribution in [2.24, 2.45) is 12.5 Å². The van der Waals surface area contributed by atoms with E-state index in [1.165, 1.54) is 12.8 Å². The van der Waals surface area contributed by atoms with E-state index in [1.54, 1.807) is 42.6 Å². The van der Waals surface area contributed by atoms with Crippen molar-refractivity contribution in [3.8, 4) is 11.3 Å². The zero-order valence-electron chi connectivity index (χ0n) is 21.1. The molecule has 0 radical (unpaired) electrons. The van der Waals surface area contributed by atoms with Crippen molar-refractivity contribution in [1.82, 2.24) is 29.6 Å². The number of nitrogens with zero attached hydrogens (tertiary/aromatic N) is 7. The quantitative estimate of drug-likeness (QED) is 0.432. The van der Waals surface area contributed by atoms with Gasteiger partial charge in [0.25, 0.3) is 5.91 Å². The lowest BCUT2D eigenvalue weighted by Gasteiger charge is -2.54. The summed E-state index contributed by atoms with van der Waals surface area (Å²) in [5.41, 5.74) is 3.10. The van der Waals surface area contributed by atoms with Gasteiger partial charge in [0.05, 0.1) is 24.2 Å². The molecule has 0 atom stereocenters. The molecule has 10 nitrogen and oxygen atoms in total. The van der Waals surface area contributed by atoms with E-state index in [4.69, 9.17) is 0 Å². The number of hydrogen-bond acceptors (Lipinski definition) is 8. The van der Waals surface area contributed by atoms with Gasteiger partial charge in [0.2, 0.25) is 0 Å². The minimum absolute atomic E-state index is 0.132. The van der Waals surface area contributed by atoms with E-state index < -0.39 is 0 Å². The van der Waals surface area contributed by atoms with Crippen LogP contribution < -0.4 is 10.2 Å². The fourth-order valence-corrected chi connectivity index (χ4v) is 5.37. The van der Waals surface area contributed by atoms with E-state index in [0.29, 0.717) is 28.2 Å². The molecule has 0 bridgehead atoms. The average molecular weight is 499 g/mol. The van der Waals surface area contributed by atoms with E-state index in [2.05, 4.69) is 42.2 Å². The lowest BCUT2D eigenvalue weighted by Crippen LogP contribution is -2.60. The maximum absolute atomic E-state index is 13.1. The van der Waals surface area contributed by atoms with Gasteiger partial charge in [0, 0.05) is 60.7 Å². The molecule has 2 aliphatic heterocycles. The van der Waals surface area contributed by atoms with Gasteiger partial charge in [-0.05, 0) is 62.6 Å². The van der Waals surface area contributed by atoms with Gasteiger partial charge in [-0.2, -0.15) is 5.10 Å². The normalized spacial score (nSPS) is 17.2. The number of hydrogen-bond donors (Lipinski definition) is 2. The number of nitrogens with one attached hydrogen (secondary N) is 1. The lowest BCUT2D eigenvalue weighted by atomic mass is 9.72. The van der Waals surface area contributed by atoms with Crippen molar-refractivity contribution in [3.05, 3.63) is 60.3 Å². The van der Waals surface area contributed by atoms with Crippen molar-refractivity contribution in [2.75, 3.05) is 43.4 Å². The van der Waals surface area contributed by atoms with Gasteiger partial charge in [-0.1, -0.05) is 0 Å². The van der Waals surface area contributed by atoms with Crippen LogP contribution in [0.25, 0.3) is 22.0 Å². The summed E-state index contributed by atoms with van der Waals surface area (Å²) >= 11 is 0. The third-order valence-electron chi connectivity index (χ3n) is 7.76. The molecule has 1 spiro atoms. The van der Waals surface area contributed by atoms with Gasteiger partial charge >= 0.3 is 0 Å². The molecule has 2 fully saturated rings. The fourth-order valence-electron chi connectivity index (χ4n) is 5.37. The standard InChI is InChI=1S/C27H30N8O2/c1-33-7-4-27(5-8-33)16-35(17-27)25-11-18(3-6-28-25)26(37)32-24-10-19-9-22(29-12-20(19)13-30-24)21-14-31-34(2)23(21)15-36/h3,6,9-14,36H,4-5,7-8,15-17H2,1-2H3,(H,30,32,37). The summed E-state index contributed by atoms with van der Waals surface area (Å²) in [4.78, 5) is 31.2. The first-order valence-electron chi connectivity index (χ1n) is 12.5. The number of aliphatic hydroxyl groups is 1. The van der Waals surface area contributed by atoms with Crippen LogP contribution in [0.4, 0.5) is 11.6 Å². The number of anilines is 2. The largest absolute Gasteiger partial charge is 0.390 e. The highest BCUT2D eigenvalue weighted by Gasteiger charge is 2.44. The Morgan fingerprint density at radius 2 is 1.81 bits per heavy atom. The van der Waals surface area contributed by atoms with Gasteiger partial charge in [-0.3, -0.25) is 14.5 Å². The highest BCUT2D eigenvalue weighted by molar-refractivity contribution is 6.05. The van der Waals surface area contributed by atoms with Gasteiger partial charge in [-0.15, -0.1) is 0 Å². The molecular formula is C27H30N8O2. The van der Waals surface area contributed by atoms with Crippen molar-refractivity contribution in [3.63, 3.8) is 0 Å². The van der Waals surface area contributed by atoms with E-state index >= 15 is 0 Å². The summed E-state index contributed by atoms with van der Waals surface area (Å²) < 4.78 is 1.64. The van der Waals surface area contributed by atoms with E-state index in [1.807, 2.05) is 18.2 Å². The SMILES string of the molecule is CN1CCC2(CC1)CN(c1cc(C(=O)Nc3cc4cc(-c5cnn(C)c5CO)ncc4cn3)ccn1)C2. The third-order valence-corrected chi connectivity index (χ3v) is 7.76. The van der Waals surface area contributed by atoms with E-state index in [9.17, 15) is 9.90 Å². The van der Waals surface area contributed by atoms with Crippen molar-refractivity contribution < 1.29 is 9.90 Å². The summed E-state index contributed by atoms with van der Waals surface area (Å²) in [6, 6.07) is 7.33. The van der Waals surface area contributed by atoms with Crippen LogP contribution in [0, 0.1) is 5.41 Å². The summed E-state index contributed by atoms with van der Waals surface area (Å²) in [5.74, 6) is 1.07. The second kappa shape index (κ2) is 9.20. The smallest absolute Gasteiger partial charge is 0.257 e. The second-order valence-corrected chi connectivity index (χ2v) is 10.3. The Kier molecular flexibility index (Phi) is 5.85. The molecule has 4 aromatic heterocycles. The molecule has 4 aromatic rings. The molecule has 0 aliphatic carbocycles. The molecule has 0 saturated carbocycles. The summed E-state index contributed by atoms with van der Waals surface area (Å²) in [6.45, 7) is 4.15. The van der Waals surface area contributed by atoms with Crippen LogP contribution in [-0.2, 0) is 13.7 Å². The maximum atomic E-state index is 13.1. The molecule has 190 valence electrons. The number of rotatable bonds is 5. The number of aryl methyl sites for hydroxylation is 1. The number of fused-ring (bicyclic) bond motifs is 1. The third kappa shape index (κ3) is 4.42. The molecule has 10 heteroatoms. The molecule has 0 aromatic carbocycles. The number of aromatic nitrogens is 5. The number of likely N-dealkylation sites (tertiary alicyclic amines) is 1. The van der Waals surface area contributed by atoms with Gasteiger partial charge in [-0.25, -0.2) is 9.97 Å². The number of carbonyl (C=O) groups excluding carboxylic acids is 1. The monoisotopic (exact) mass is 498 g/mol. The summed E-state index contributed by atoms with van der Waals surface area (Å²) in [7, 11) is 3.97. The van der Waals surface area contributed by atoms with Gasteiger partial charge in [0.1, 0.15) is 11.6 Å².